The molecule has 0 aromatic heterocycles. The minimum absolute atomic E-state index is 0.0774. The monoisotopic (exact) mass is 260 g/mol. The molecule has 104 valence electrons. The first kappa shape index (κ1) is 13.7. The van der Waals surface area contributed by atoms with Crippen LogP contribution in [0.2, 0.25) is 0 Å². The first-order valence-electron chi connectivity index (χ1n) is 6.00. The summed E-state index contributed by atoms with van der Waals surface area (Å²) in [6.07, 6.45) is -3.27. The van der Waals surface area contributed by atoms with E-state index in [1.165, 1.54) is 7.11 Å². The maximum Gasteiger partial charge on any atom is 0.306 e. The zero-order valence-electron chi connectivity index (χ0n) is 11.0. The molecule has 0 spiro atoms. The number of aliphatic hydroxyl groups is 2. The number of aliphatic hydroxyl groups excluding tert-OH is 2. The Morgan fingerprint density at radius 3 is 2.00 bits per heavy atom. The lowest BCUT2D eigenvalue weighted by molar-refractivity contribution is -0.196. The van der Waals surface area contributed by atoms with Gasteiger partial charge in [-0.15, -0.1) is 0 Å². The van der Waals surface area contributed by atoms with Crippen LogP contribution in [0.3, 0.4) is 0 Å². The summed E-state index contributed by atoms with van der Waals surface area (Å²) >= 11 is 0. The molecule has 0 radical (unpaired) electrons. The van der Waals surface area contributed by atoms with Crippen LogP contribution < -0.4 is 0 Å². The zero-order valence-corrected chi connectivity index (χ0v) is 11.0. The van der Waals surface area contributed by atoms with E-state index >= 15 is 0 Å². The third-order valence-electron chi connectivity index (χ3n) is 3.89. The highest BCUT2D eigenvalue weighted by Gasteiger charge is 2.64. The van der Waals surface area contributed by atoms with E-state index in [1.807, 2.05) is 0 Å². The van der Waals surface area contributed by atoms with Crippen molar-refractivity contribution in [2.45, 2.75) is 57.4 Å². The number of esters is 1. The summed E-state index contributed by atoms with van der Waals surface area (Å²) in [5.74, 6) is -1.31. The smallest absolute Gasteiger partial charge is 0.306 e. The van der Waals surface area contributed by atoms with Crippen LogP contribution in [0.15, 0.2) is 0 Å². The predicted octanol–water partition coefficient (Wildman–Crippen LogP) is -0.189. The Balaban J connectivity index is 2.20. The second-order valence-corrected chi connectivity index (χ2v) is 5.71. The van der Waals surface area contributed by atoms with E-state index in [2.05, 4.69) is 4.74 Å². The highest BCUT2D eigenvalue weighted by molar-refractivity contribution is 5.70. The minimum Gasteiger partial charge on any atom is -0.469 e. The fourth-order valence-corrected chi connectivity index (χ4v) is 2.82. The number of carbonyl (C=O) groups is 1. The Hall–Kier alpha value is -0.690. The lowest BCUT2D eigenvalue weighted by Gasteiger charge is -2.33. The van der Waals surface area contributed by atoms with Crippen LogP contribution in [-0.4, -0.2) is 53.5 Å². The van der Waals surface area contributed by atoms with Gasteiger partial charge in [-0.1, -0.05) is 6.92 Å². The standard InChI is InChI=1S/C12H20O6/c1-11(2)17-7-8(18-11)10(15)12(3,9(7)14)5-6(13)16-4/h7-10,14-15H,5H2,1-4H3/t7-,8-,9-,10+,12?/m1/s1. The van der Waals surface area contributed by atoms with Crippen molar-refractivity contribution >= 4 is 5.97 Å². The molecule has 1 unspecified atom stereocenters. The molecule has 0 amide bonds. The Bertz CT molecular complexity index is 332. The predicted molar refractivity (Wildman–Crippen MR) is 60.6 cm³/mol. The van der Waals surface area contributed by atoms with Gasteiger partial charge in [0.15, 0.2) is 5.79 Å². The second kappa shape index (κ2) is 4.16. The molecule has 0 aromatic rings. The molecule has 2 N–H and O–H groups in total. The molecule has 2 fully saturated rings. The van der Waals surface area contributed by atoms with Gasteiger partial charge in [0.2, 0.25) is 0 Å². The van der Waals surface area contributed by atoms with Crippen molar-refractivity contribution in [2.24, 2.45) is 5.41 Å². The van der Waals surface area contributed by atoms with E-state index < -0.39 is 41.6 Å². The van der Waals surface area contributed by atoms with Crippen LogP contribution in [0.25, 0.3) is 0 Å². The number of methoxy groups -OCH3 is 1. The summed E-state index contributed by atoms with van der Waals surface area (Å²) in [4.78, 5) is 11.4. The molecule has 6 nitrogen and oxygen atoms in total. The molecule has 0 bridgehead atoms. The van der Waals surface area contributed by atoms with E-state index in [0.717, 1.165) is 0 Å². The van der Waals surface area contributed by atoms with Crippen molar-refractivity contribution in [2.75, 3.05) is 7.11 Å². The average molecular weight is 260 g/mol. The van der Waals surface area contributed by atoms with Crippen molar-refractivity contribution in [1.29, 1.82) is 0 Å². The molecular weight excluding hydrogens is 240 g/mol. The summed E-state index contributed by atoms with van der Waals surface area (Å²) in [7, 11) is 1.27. The van der Waals surface area contributed by atoms with Crippen LogP contribution in [0.4, 0.5) is 0 Å². The Morgan fingerprint density at radius 2 is 1.61 bits per heavy atom. The lowest BCUT2D eigenvalue weighted by Crippen LogP contribution is -2.44. The van der Waals surface area contributed by atoms with Crippen molar-refractivity contribution in [3.63, 3.8) is 0 Å². The summed E-state index contributed by atoms with van der Waals surface area (Å²) in [6.45, 7) is 5.09. The van der Waals surface area contributed by atoms with E-state index in [1.54, 1.807) is 20.8 Å². The molecule has 2 aliphatic rings. The summed E-state index contributed by atoms with van der Waals surface area (Å²) in [6, 6.07) is 0. The quantitative estimate of drug-likeness (QED) is 0.669. The third-order valence-corrected chi connectivity index (χ3v) is 3.89. The molecule has 1 heterocycles. The van der Waals surface area contributed by atoms with Gasteiger partial charge in [-0.2, -0.15) is 0 Å². The zero-order chi connectivity index (χ0) is 13.7. The van der Waals surface area contributed by atoms with Gasteiger partial charge in [-0.3, -0.25) is 4.79 Å². The molecule has 1 aliphatic carbocycles. The van der Waals surface area contributed by atoms with Gasteiger partial charge in [0, 0.05) is 5.41 Å². The molecule has 1 saturated heterocycles. The highest BCUT2D eigenvalue weighted by atomic mass is 16.8. The maximum absolute atomic E-state index is 11.4. The molecule has 0 aromatic carbocycles. The van der Waals surface area contributed by atoms with E-state index in [4.69, 9.17) is 9.47 Å². The molecule has 6 heteroatoms. The molecule has 1 saturated carbocycles. The Kier molecular flexibility index (Phi) is 3.18. The average Bonchev–Trinajstić information content (AvgIpc) is 2.68. The first-order valence-corrected chi connectivity index (χ1v) is 6.00. The summed E-state index contributed by atoms with van der Waals surface area (Å²) in [5.41, 5.74) is -1.01. The van der Waals surface area contributed by atoms with Crippen LogP contribution >= 0.6 is 0 Å². The number of fused-ring (bicyclic) bond motifs is 1. The van der Waals surface area contributed by atoms with Gasteiger partial charge >= 0.3 is 5.97 Å². The molecular formula is C12H20O6. The Morgan fingerprint density at radius 1 is 1.17 bits per heavy atom. The van der Waals surface area contributed by atoms with Gasteiger partial charge in [0.05, 0.1) is 25.7 Å². The van der Waals surface area contributed by atoms with Crippen molar-refractivity contribution < 1.29 is 29.2 Å². The first-order chi connectivity index (χ1) is 8.21. The van der Waals surface area contributed by atoms with Crippen LogP contribution in [0, 0.1) is 5.41 Å². The summed E-state index contributed by atoms with van der Waals surface area (Å²) < 4.78 is 15.8. The van der Waals surface area contributed by atoms with E-state index in [9.17, 15) is 15.0 Å². The SMILES string of the molecule is COC(=O)CC1(C)[C@H](O)[C@@H]2OC(C)(C)O[C@H]2[C@@H]1O. The second-order valence-electron chi connectivity index (χ2n) is 5.71. The fraction of sp³-hybridized carbons (Fsp3) is 0.917. The number of carbonyl (C=O) groups excluding carboxylic acids is 1. The van der Waals surface area contributed by atoms with Crippen LogP contribution in [0.1, 0.15) is 27.2 Å². The maximum atomic E-state index is 11.4. The van der Waals surface area contributed by atoms with Crippen LogP contribution in [0.5, 0.6) is 0 Å². The topological polar surface area (TPSA) is 85.2 Å². The van der Waals surface area contributed by atoms with E-state index in [0.29, 0.717) is 0 Å². The molecule has 5 atom stereocenters. The number of hydrogen-bond acceptors (Lipinski definition) is 6. The highest BCUT2D eigenvalue weighted by Crippen LogP contribution is 2.49. The fourth-order valence-electron chi connectivity index (χ4n) is 2.82. The Labute approximate surface area is 106 Å². The summed E-state index contributed by atoms with van der Waals surface area (Å²) in [5, 5.41) is 20.6. The van der Waals surface area contributed by atoms with Gasteiger partial charge < -0.3 is 24.4 Å². The number of rotatable bonds is 2. The molecule has 1 aliphatic heterocycles. The lowest BCUT2D eigenvalue weighted by atomic mass is 9.80. The largest absolute Gasteiger partial charge is 0.469 e. The normalized spacial score (nSPS) is 45.9. The van der Waals surface area contributed by atoms with Crippen molar-refractivity contribution in [3.8, 4) is 0 Å². The van der Waals surface area contributed by atoms with Gasteiger partial charge in [-0.25, -0.2) is 0 Å². The van der Waals surface area contributed by atoms with Crippen LogP contribution in [-0.2, 0) is 19.0 Å². The van der Waals surface area contributed by atoms with E-state index in [-0.39, 0.29) is 6.42 Å². The minimum atomic E-state index is -1.01. The number of hydrogen-bond donors (Lipinski definition) is 2. The van der Waals surface area contributed by atoms with Gasteiger partial charge in [0.25, 0.3) is 0 Å². The molecule has 18 heavy (non-hydrogen) atoms. The van der Waals surface area contributed by atoms with Gasteiger partial charge in [0.1, 0.15) is 12.2 Å². The number of ether oxygens (including phenoxy) is 3. The van der Waals surface area contributed by atoms with Gasteiger partial charge in [-0.05, 0) is 13.8 Å². The third kappa shape index (κ3) is 1.93. The van der Waals surface area contributed by atoms with Crippen molar-refractivity contribution in [3.05, 3.63) is 0 Å². The van der Waals surface area contributed by atoms with Crippen molar-refractivity contribution in [1.82, 2.24) is 0 Å². The molecule has 2 rings (SSSR count).